The van der Waals surface area contributed by atoms with Gasteiger partial charge in [-0.05, 0) is 29.3 Å². The molecule has 0 radical (unpaired) electrons. The van der Waals surface area contributed by atoms with Crippen molar-refractivity contribution in [3.8, 4) is 0 Å². The topological polar surface area (TPSA) is 96.1 Å². The van der Waals surface area contributed by atoms with Gasteiger partial charge in [-0.15, -0.1) is 11.3 Å². The van der Waals surface area contributed by atoms with E-state index in [2.05, 4.69) is 20.6 Å². The number of thiazole rings is 1. The number of rotatable bonds is 8. The van der Waals surface area contributed by atoms with Gasteiger partial charge in [-0.1, -0.05) is 60.7 Å². The number of hydrogen-bond donors (Lipinski definition) is 3. The second kappa shape index (κ2) is 10.4. The molecule has 5 rings (SSSR count). The van der Waals surface area contributed by atoms with Gasteiger partial charge in [0.2, 0.25) is 5.91 Å². The summed E-state index contributed by atoms with van der Waals surface area (Å²) in [4.78, 5) is 33.6. The van der Waals surface area contributed by atoms with Crippen molar-refractivity contribution in [1.82, 2.24) is 20.6 Å². The normalized spacial score (nSPS) is 11.9. The monoisotopic (exact) mass is 484 g/mol. The summed E-state index contributed by atoms with van der Waals surface area (Å²) >= 11 is 1.53. The van der Waals surface area contributed by atoms with Gasteiger partial charge in [0.15, 0.2) is 0 Å². The Morgan fingerprint density at radius 3 is 2.60 bits per heavy atom. The summed E-state index contributed by atoms with van der Waals surface area (Å²) in [5.41, 5.74) is 3.68. The van der Waals surface area contributed by atoms with Gasteiger partial charge >= 0.3 is 6.09 Å². The molecular weight excluding hydrogens is 460 g/mol. The van der Waals surface area contributed by atoms with E-state index >= 15 is 0 Å². The lowest BCUT2D eigenvalue weighted by Gasteiger charge is -2.18. The van der Waals surface area contributed by atoms with Crippen LogP contribution < -0.4 is 10.6 Å². The molecule has 0 aliphatic heterocycles. The largest absolute Gasteiger partial charge is 0.445 e. The highest BCUT2D eigenvalue weighted by atomic mass is 32.1. The SMILES string of the molecule is O=C(N[C@H](Cc1c[nH]c2ccccc12)C(=O)NCc1nc2ccccc2s1)OCc1ccccc1. The van der Waals surface area contributed by atoms with Crippen LogP contribution in [0, 0.1) is 0 Å². The first kappa shape index (κ1) is 22.6. The molecule has 8 heteroatoms. The van der Waals surface area contributed by atoms with Gasteiger partial charge in [0, 0.05) is 23.5 Å². The molecule has 3 N–H and O–H groups in total. The van der Waals surface area contributed by atoms with Crippen LogP contribution in [-0.2, 0) is 29.1 Å². The number of carbonyl (C=O) groups is 2. The van der Waals surface area contributed by atoms with Crippen molar-refractivity contribution in [2.75, 3.05) is 0 Å². The van der Waals surface area contributed by atoms with E-state index in [4.69, 9.17) is 4.74 Å². The van der Waals surface area contributed by atoms with Gasteiger partial charge in [-0.2, -0.15) is 0 Å². The van der Waals surface area contributed by atoms with E-state index in [-0.39, 0.29) is 19.1 Å². The van der Waals surface area contributed by atoms with Gasteiger partial charge in [0.05, 0.1) is 16.8 Å². The van der Waals surface area contributed by atoms with Crippen LogP contribution in [0.3, 0.4) is 0 Å². The molecule has 3 aromatic carbocycles. The fraction of sp³-hybridized carbons (Fsp3) is 0.148. The van der Waals surface area contributed by atoms with Crippen molar-refractivity contribution >= 4 is 44.5 Å². The molecule has 2 aromatic heterocycles. The highest BCUT2D eigenvalue weighted by Gasteiger charge is 2.23. The molecular formula is C27H24N4O3S. The minimum absolute atomic E-state index is 0.125. The number of nitrogens with zero attached hydrogens (tertiary/aromatic N) is 1. The summed E-state index contributed by atoms with van der Waals surface area (Å²) in [5.74, 6) is -0.300. The van der Waals surface area contributed by atoms with Crippen molar-refractivity contribution in [2.24, 2.45) is 0 Å². The van der Waals surface area contributed by atoms with E-state index in [1.165, 1.54) is 11.3 Å². The smallest absolute Gasteiger partial charge is 0.408 e. The fourth-order valence-corrected chi connectivity index (χ4v) is 4.83. The number of amides is 2. The van der Waals surface area contributed by atoms with Gasteiger partial charge in [-0.25, -0.2) is 9.78 Å². The second-order valence-electron chi connectivity index (χ2n) is 8.12. The zero-order valence-electron chi connectivity index (χ0n) is 18.9. The highest BCUT2D eigenvalue weighted by Crippen LogP contribution is 2.22. The molecule has 2 amide bonds. The van der Waals surface area contributed by atoms with Crippen molar-refractivity contribution in [3.63, 3.8) is 0 Å². The lowest BCUT2D eigenvalue weighted by atomic mass is 10.0. The Labute approximate surface area is 206 Å². The molecule has 0 fully saturated rings. The molecule has 176 valence electrons. The third-order valence-electron chi connectivity index (χ3n) is 5.67. The molecule has 35 heavy (non-hydrogen) atoms. The van der Waals surface area contributed by atoms with Gasteiger partial charge in [0.1, 0.15) is 17.7 Å². The van der Waals surface area contributed by atoms with Crippen LogP contribution in [0.15, 0.2) is 85.1 Å². The predicted molar refractivity (Wildman–Crippen MR) is 137 cm³/mol. The number of carbonyl (C=O) groups excluding carboxylic acids is 2. The van der Waals surface area contributed by atoms with Crippen LogP contribution in [0.1, 0.15) is 16.1 Å². The standard InChI is InChI=1S/C27H24N4O3S/c32-26(29-16-25-30-22-12-6-7-13-24(22)35-25)23(14-19-15-28-21-11-5-4-10-20(19)21)31-27(33)34-17-18-8-2-1-3-9-18/h1-13,15,23,28H,14,16-17H2,(H,29,32)(H,31,33)/t23-/m1/s1. The predicted octanol–water partition coefficient (Wildman–Crippen LogP) is 4.93. The lowest BCUT2D eigenvalue weighted by Crippen LogP contribution is -2.48. The van der Waals surface area contributed by atoms with E-state index in [1.807, 2.05) is 85.1 Å². The average Bonchev–Trinajstić information content (AvgIpc) is 3.50. The summed E-state index contributed by atoms with van der Waals surface area (Å²) < 4.78 is 6.43. The number of fused-ring (bicyclic) bond motifs is 2. The van der Waals surface area contributed by atoms with Crippen LogP contribution in [-0.4, -0.2) is 28.0 Å². The minimum atomic E-state index is -0.813. The Balaban J connectivity index is 1.29. The molecule has 0 aliphatic rings. The first-order valence-electron chi connectivity index (χ1n) is 11.3. The molecule has 1 atom stereocenters. The summed E-state index contributed by atoms with van der Waals surface area (Å²) in [6, 6.07) is 24.3. The number of ether oxygens (including phenoxy) is 1. The van der Waals surface area contributed by atoms with E-state index in [1.54, 1.807) is 0 Å². The van der Waals surface area contributed by atoms with Gasteiger partial charge in [0.25, 0.3) is 0 Å². The molecule has 2 heterocycles. The quantitative estimate of drug-likeness (QED) is 0.291. The molecule has 7 nitrogen and oxygen atoms in total. The third-order valence-corrected chi connectivity index (χ3v) is 6.71. The number of hydrogen-bond acceptors (Lipinski definition) is 5. The summed E-state index contributed by atoms with van der Waals surface area (Å²) in [6.07, 6.45) is 1.54. The minimum Gasteiger partial charge on any atom is -0.445 e. The maximum atomic E-state index is 13.2. The Hall–Kier alpha value is -4.17. The number of nitrogens with one attached hydrogen (secondary N) is 3. The maximum Gasteiger partial charge on any atom is 0.408 e. The van der Waals surface area contributed by atoms with Crippen LogP contribution in [0.5, 0.6) is 0 Å². The number of alkyl carbamates (subject to hydrolysis) is 1. The zero-order chi connectivity index (χ0) is 24.0. The molecule has 5 aromatic rings. The van der Waals surface area contributed by atoms with E-state index < -0.39 is 12.1 Å². The first-order chi connectivity index (χ1) is 17.2. The molecule has 0 saturated carbocycles. The Bertz CT molecular complexity index is 1430. The van der Waals surface area contributed by atoms with E-state index in [9.17, 15) is 9.59 Å². The Kier molecular flexibility index (Phi) is 6.72. The van der Waals surface area contributed by atoms with E-state index in [0.29, 0.717) is 6.42 Å². The van der Waals surface area contributed by atoms with Crippen molar-refractivity contribution < 1.29 is 14.3 Å². The van der Waals surface area contributed by atoms with E-state index in [0.717, 1.165) is 37.3 Å². The fourth-order valence-electron chi connectivity index (χ4n) is 3.92. The van der Waals surface area contributed by atoms with Crippen LogP contribution in [0.2, 0.25) is 0 Å². The average molecular weight is 485 g/mol. The second-order valence-corrected chi connectivity index (χ2v) is 9.23. The molecule has 0 aliphatic carbocycles. The van der Waals surface area contributed by atoms with Crippen molar-refractivity contribution in [1.29, 1.82) is 0 Å². The maximum absolute atomic E-state index is 13.2. The van der Waals surface area contributed by atoms with Crippen molar-refractivity contribution in [2.45, 2.75) is 25.6 Å². The number of H-pyrrole nitrogens is 1. The third kappa shape index (κ3) is 5.50. The first-order valence-corrected chi connectivity index (χ1v) is 12.1. The number of aromatic nitrogens is 2. The number of para-hydroxylation sites is 2. The summed E-state index contributed by atoms with van der Waals surface area (Å²) in [5, 5.41) is 7.49. The number of aromatic amines is 1. The Morgan fingerprint density at radius 1 is 0.971 bits per heavy atom. The molecule has 0 spiro atoms. The molecule has 0 unspecified atom stereocenters. The van der Waals surface area contributed by atoms with Crippen molar-refractivity contribution in [3.05, 3.63) is 101 Å². The highest BCUT2D eigenvalue weighted by molar-refractivity contribution is 7.18. The van der Waals surface area contributed by atoms with Gasteiger partial charge < -0.3 is 20.4 Å². The summed E-state index contributed by atoms with van der Waals surface area (Å²) in [6.45, 7) is 0.406. The Morgan fingerprint density at radius 2 is 1.74 bits per heavy atom. The lowest BCUT2D eigenvalue weighted by molar-refractivity contribution is -0.123. The van der Waals surface area contributed by atoms with Crippen LogP contribution in [0.4, 0.5) is 4.79 Å². The number of benzene rings is 3. The summed E-state index contributed by atoms with van der Waals surface area (Å²) in [7, 11) is 0. The van der Waals surface area contributed by atoms with Crippen LogP contribution in [0.25, 0.3) is 21.1 Å². The van der Waals surface area contributed by atoms with Crippen LogP contribution >= 0.6 is 11.3 Å². The zero-order valence-corrected chi connectivity index (χ0v) is 19.7. The molecule has 0 bridgehead atoms. The van der Waals surface area contributed by atoms with Gasteiger partial charge in [-0.3, -0.25) is 4.79 Å². The molecule has 0 saturated heterocycles.